The molecule has 0 bridgehead atoms. The molecular formula is C22H19ClN4O5. The van der Waals surface area contributed by atoms with Gasteiger partial charge in [0.05, 0.1) is 16.3 Å². The summed E-state index contributed by atoms with van der Waals surface area (Å²) in [5, 5.41) is 18.1. The first-order valence-corrected chi connectivity index (χ1v) is 9.84. The van der Waals surface area contributed by atoms with Crippen molar-refractivity contribution in [2.45, 2.75) is 13.8 Å². The van der Waals surface area contributed by atoms with Crippen molar-refractivity contribution < 1.29 is 19.2 Å². The van der Waals surface area contributed by atoms with Crippen molar-refractivity contribution in [3.63, 3.8) is 0 Å². The van der Waals surface area contributed by atoms with Gasteiger partial charge in [-0.3, -0.25) is 14.9 Å². The van der Waals surface area contributed by atoms with Crippen LogP contribution in [0.15, 0.2) is 54.6 Å². The summed E-state index contributed by atoms with van der Waals surface area (Å²) in [4.78, 5) is 34.5. The Morgan fingerprint density at radius 3 is 2.62 bits per heavy atom. The standard InChI is InChI=1S/C22H19ClN4O5/c1-14-18(15(2)26(25-14)17-6-4-3-5-7-17)9-11-22(29)32-13-21(28)24-19-12-16(23)8-10-20(19)27(30)31/h3-12H,13H2,1-2H3,(H,24,28)/b11-9+. The number of benzene rings is 2. The van der Waals surface area contributed by atoms with Crippen LogP contribution in [-0.2, 0) is 14.3 Å². The largest absolute Gasteiger partial charge is 0.452 e. The SMILES string of the molecule is Cc1nn(-c2ccccc2)c(C)c1/C=C/C(=O)OCC(=O)Nc1cc(Cl)ccc1[N+](=O)[O-]. The molecule has 9 nitrogen and oxygen atoms in total. The summed E-state index contributed by atoms with van der Waals surface area (Å²) < 4.78 is 6.70. The second-order valence-electron chi connectivity index (χ2n) is 6.74. The zero-order valence-electron chi connectivity index (χ0n) is 17.2. The number of aromatic nitrogens is 2. The molecule has 0 saturated carbocycles. The number of amides is 1. The van der Waals surface area contributed by atoms with Gasteiger partial charge in [0.15, 0.2) is 6.61 Å². The Kier molecular flexibility index (Phi) is 7.01. The van der Waals surface area contributed by atoms with Crippen LogP contribution in [0.4, 0.5) is 11.4 Å². The van der Waals surface area contributed by atoms with Gasteiger partial charge in [0, 0.05) is 28.4 Å². The number of nitrogens with zero attached hydrogens (tertiary/aromatic N) is 3. The van der Waals surface area contributed by atoms with Gasteiger partial charge in [-0.05, 0) is 44.2 Å². The summed E-state index contributed by atoms with van der Waals surface area (Å²) in [7, 11) is 0. The van der Waals surface area contributed by atoms with Crippen LogP contribution < -0.4 is 5.32 Å². The molecule has 0 spiro atoms. The number of nitro groups is 1. The van der Waals surface area contributed by atoms with Gasteiger partial charge >= 0.3 is 5.97 Å². The summed E-state index contributed by atoms with van der Waals surface area (Å²) in [5.74, 6) is -1.48. The molecule has 10 heteroatoms. The third-order valence-electron chi connectivity index (χ3n) is 4.51. The highest BCUT2D eigenvalue weighted by molar-refractivity contribution is 6.31. The van der Waals surface area contributed by atoms with Crippen molar-refractivity contribution >= 4 is 40.9 Å². The van der Waals surface area contributed by atoms with Crippen molar-refractivity contribution in [3.8, 4) is 5.69 Å². The number of anilines is 1. The topological polar surface area (TPSA) is 116 Å². The van der Waals surface area contributed by atoms with Gasteiger partial charge in [0.1, 0.15) is 5.69 Å². The van der Waals surface area contributed by atoms with E-state index in [4.69, 9.17) is 16.3 Å². The Bertz CT molecular complexity index is 1200. The van der Waals surface area contributed by atoms with E-state index in [2.05, 4.69) is 10.4 Å². The van der Waals surface area contributed by atoms with Crippen LogP contribution >= 0.6 is 11.6 Å². The van der Waals surface area contributed by atoms with E-state index in [-0.39, 0.29) is 16.4 Å². The Hall–Kier alpha value is -3.98. The van der Waals surface area contributed by atoms with Gasteiger partial charge in [-0.25, -0.2) is 9.48 Å². The molecule has 3 aromatic rings. The Morgan fingerprint density at radius 2 is 1.94 bits per heavy atom. The van der Waals surface area contributed by atoms with Gasteiger partial charge in [-0.1, -0.05) is 29.8 Å². The molecule has 0 aliphatic carbocycles. The van der Waals surface area contributed by atoms with Crippen molar-refractivity contribution in [2.75, 3.05) is 11.9 Å². The molecule has 0 radical (unpaired) electrons. The van der Waals surface area contributed by atoms with E-state index in [0.717, 1.165) is 22.6 Å². The Balaban J connectivity index is 1.62. The Morgan fingerprint density at radius 1 is 1.22 bits per heavy atom. The number of nitrogens with one attached hydrogen (secondary N) is 1. The second kappa shape index (κ2) is 9.88. The minimum atomic E-state index is -0.744. The van der Waals surface area contributed by atoms with E-state index in [1.807, 2.05) is 44.2 Å². The first kappa shape index (κ1) is 22.7. The highest BCUT2D eigenvalue weighted by atomic mass is 35.5. The minimum absolute atomic E-state index is 0.0846. The zero-order valence-corrected chi connectivity index (χ0v) is 18.0. The second-order valence-corrected chi connectivity index (χ2v) is 7.18. The van der Waals surface area contributed by atoms with Crippen molar-refractivity contribution in [1.82, 2.24) is 9.78 Å². The maximum atomic E-state index is 12.1. The zero-order chi connectivity index (χ0) is 23.3. The van der Waals surface area contributed by atoms with Crippen LogP contribution in [0.3, 0.4) is 0 Å². The van der Waals surface area contributed by atoms with Crippen LogP contribution in [-0.4, -0.2) is 33.2 Å². The van der Waals surface area contributed by atoms with Crippen molar-refractivity contribution in [1.29, 1.82) is 0 Å². The average molecular weight is 455 g/mol. The van der Waals surface area contributed by atoms with Crippen LogP contribution in [0, 0.1) is 24.0 Å². The highest BCUT2D eigenvalue weighted by Crippen LogP contribution is 2.27. The number of aryl methyl sites for hydroxylation is 1. The third kappa shape index (κ3) is 5.38. The summed E-state index contributed by atoms with van der Waals surface area (Å²) in [6.07, 6.45) is 2.76. The van der Waals surface area contributed by atoms with E-state index in [1.165, 1.54) is 24.3 Å². The number of halogens is 1. The quantitative estimate of drug-likeness (QED) is 0.247. The molecule has 0 atom stereocenters. The summed E-state index contributed by atoms with van der Waals surface area (Å²) >= 11 is 5.82. The molecule has 0 fully saturated rings. The smallest absolute Gasteiger partial charge is 0.331 e. The van der Waals surface area contributed by atoms with E-state index < -0.39 is 23.4 Å². The Labute approximate surface area is 188 Å². The van der Waals surface area contributed by atoms with Crippen molar-refractivity contribution in [2.24, 2.45) is 0 Å². The van der Waals surface area contributed by atoms with Gasteiger partial charge in [-0.15, -0.1) is 0 Å². The molecule has 1 heterocycles. The maximum absolute atomic E-state index is 12.1. The molecule has 0 saturated heterocycles. The molecule has 164 valence electrons. The molecule has 3 rings (SSSR count). The van der Waals surface area contributed by atoms with Crippen LogP contribution in [0.1, 0.15) is 17.0 Å². The summed E-state index contributed by atoms with van der Waals surface area (Å²) in [6, 6.07) is 13.3. The normalized spacial score (nSPS) is 10.8. The lowest BCUT2D eigenvalue weighted by Crippen LogP contribution is -2.20. The predicted molar refractivity (Wildman–Crippen MR) is 120 cm³/mol. The first-order chi connectivity index (χ1) is 15.3. The minimum Gasteiger partial charge on any atom is -0.452 e. The fourth-order valence-electron chi connectivity index (χ4n) is 3.01. The average Bonchev–Trinajstić information content (AvgIpc) is 3.04. The number of para-hydroxylation sites is 1. The number of esters is 1. The van der Waals surface area contributed by atoms with Gasteiger partial charge < -0.3 is 10.1 Å². The summed E-state index contributed by atoms with van der Waals surface area (Å²) in [5.41, 5.74) is 2.80. The van der Waals surface area contributed by atoms with E-state index in [1.54, 1.807) is 10.8 Å². The lowest BCUT2D eigenvalue weighted by atomic mass is 10.2. The number of hydrogen-bond donors (Lipinski definition) is 1. The first-order valence-electron chi connectivity index (χ1n) is 9.46. The lowest BCUT2D eigenvalue weighted by Gasteiger charge is -2.06. The molecular weight excluding hydrogens is 436 g/mol. The molecule has 32 heavy (non-hydrogen) atoms. The number of rotatable bonds is 7. The number of carbonyl (C=O) groups is 2. The lowest BCUT2D eigenvalue weighted by molar-refractivity contribution is -0.383. The number of ether oxygens (including phenoxy) is 1. The van der Waals surface area contributed by atoms with E-state index in [0.29, 0.717) is 0 Å². The van der Waals surface area contributed by atoms with Crippen LogP contribution in [0.2, 0.25) is 5.02 Å². The predicted octanol–water partition coefficient (Wildman–Crippen LogP) is 4.25. The highest BCUT2D eigenvalue weighted by Gasteiger charge is 2.17. The van der Waals surface area contributed by atoms with Crippen LogP contribution in [0.5, 0.6) is 0 Å². The molecule has 0 aliphatic rings. The monoisotopic (exact) mass is 454 g/mol. The fraction of sp³-hybridized carbons (Fsp3) is 0.136. The van der Waals surface area contributed by atoms with E-state index >= 15 is 0 Å². The molecule has 0 aliphatic heterocycles. The summed E-state index contributed by atoms with van der Waals surface area (Å²) in [6.45, 7) is 3.08. The molecule has 0 unspecified atom stereocenters. The molecule has 1 aromatic heterocycles. The molecule has 1 amide bonds. The number of carbonyl (C=O) groups excluding carboxylic acids is 2. The van der Waals surface area contributed by atoms with Gasteiger partial charge in [0.2, 0.25) is 0 Å². The maximum Gasteiger partial charge on any atom is 0.331 e. The van der Waals surface area contributed by atoms with Crippen molar-refractivity contribution in [3.05, 3.63) is 86.7 Å². The van der Waals surface area contributed by atoms with Gasteiger partial charge in [-0.2, -0.15) is 5.10 Å². The number of nitro benzene ring substituents is 1. The van der Waals surface area contributed by atoms with E-state index in [9.17, 15) is 19.7 Å². The van der Waals surface area contributed by atoms with Crippen LogP contribution in [0.25, 0.3) is 11.8 Å². The third-order valence-corrected chi connectivity index (χ3v) is 4.74. The fourth-order valence-corrected chi connectivity index (χ4v) is 3.18. The molecule has 2 aromatic carbocycles. The number of hydrogen-bond acceptors (Lipinski definition) is 6. The van der Waals surface area contributed by atoms with Gasteiger partial charge in [0.25, 0.3) is 11.6 Å². The molecule has 1 N–H and O–H groups in total.